The summed E-state index contributed by atoms with van der Waals surface area (Å²) in [5.74, 6) is 6.15. The van der Waals surface area contributed by atoms with Crippen LogP contribution in [0.5, 0.6) is 0 Å². The number of hydrogen-bond acceptors (Lipinski definition) is 7. The number of aromatic nitrogens is 7. The zero-order valence-electron chi connectivity index (χ0n) is 22.9. The van der Waals surface area contributed by atoms with Gasteiger partial charge in [0.25, 0.3) is 11.5 Å². The molecule has 6 rings (SSSR count). The molecule has 11 heteroatoms. The van der Waals surface area contributed by atoms with Gasteiger partial charge in [-0.15, -0.1) is 0 Å². The zero-order chi connectivity index (χ0) is 29.2. The molecule has 4 heterocycles. The van der Waals surface area contributed by atoms with Gasteiger partial charge in [-0.2, -0.15) is 10.2 Å². The number of carbonyl (C=O) groups is 1. The van der Waals surface area contributed by atoms with E-state index in [1.807, 2.05) is 30.3 Å². The van der Waals surface area contributed by atoms with E-state index in [1.165, 1.54) is 4.57 Å². The summed E-state index contributed by atoms with van der Waals surface area (Å²) < 4.78 is 4.67. The largest absolute Gasteiger partial charge is 0.394 e. The van der Waals surface area contributed by atoms with Crippen molar-refractivity contribution >= 4 is 22.5 Å². The Kier molecular flexibility index (Phi) is 7.04. The summed E-state index contributed by atoms with van der Waals surface area (Å²) in [6.45, 7) is 3.88. The molecule has 0 saturated carbocycles. The lowest BCUT2D eigenvalue weighted by Gasteiger charge is -2.20. The van der Waals surface area contributed by atoms with Gasteiger partial charge in [0.15, 0.2) is 5.65 Å². The Morgan fingerprint density at radius 2 is 1.93 bits per heavy atom. The van der Waals surface area contributed by atoms with E-state index in [0.29, 0.717) is 57.0 Å². The number of carbonyl (C=O) groups excluding carboxylic acids is 1. The number of nitrogens with zero attached hydrogens (tertiary/aromatic N) is 7. The second kappa shape index (κ2) is 11.1. The van der Waals surface area contributed by atoms with Crippen molar-refractivity contribution in [2.24, 2.45) is 0 Å². The highest BCUT2D eigenvalue weighted by molar-refractivity contribution is 6.01. The van der Waals surface area contributed by atoms with Crippen molar-refractivity contribution in [2.45, 2.75) is 26.4 Å². The Balaban J connectivity index is 1.45. The Hall–Kier alpha value is -5.60. The zero-order valence-corrected chi connectivity index (χ0v) is 22.9. The fourth-order valence-corrected chi connectivity index (χ4v) is 4.86. The molecule has 2 aromatic carbocycles. The monoisotopic (exact) mass is 558 g/mol. The van der Waals surface area contributed by atoms with Crippen LogP contribution in [0.15, 0.2) is 84.2 Å². The highest BCUT2D eigenvalue weighted by Gasteiger charge is 2.24. The van der Waals surface area contributed by atoms with Gasteiger partial charge in [0.05, 0.1) is 53.2 Å². The van der Waals surface area contributed by atoms with Gasteiger partial charge in [0.2, 0.25) is 0 Å². The lowest BCUT2D eigenvalue weighted by molar-refractivity contribution is 0.0938. The van der Waals surface area contributed by atoms with Gasteiger partial charge in [-0.25, -0.2) is 14.5 Å². The van der Waals surface area contributed by atoms with Crippen molar-refractivity contribution in [2.75, 3.05) is 6.61 Å². The van der Waals surface area contributed by atoms with E-state index in [9.17, 15) is 9.59 Å². The maximum atomic E-state index is 14.2. The van der Waals surface area contributed by atoms with Crippen LogP contribution < -0.4 is 10.9 Å². The number of aryl methyl sites for hydroxylation is 1. The number of amides is 1. The molecule has 2 N–H and O–H groups in total. The first kappa shape index (κ1) is 26.6. The molecule has 0 fully saturated rings. The maximum absolute atomic E-state index is 14.2. The summed E-state index contributed by atoms with van der Waals surface area (Å²) in [5, 5.41) is 21.1. The minimum atomic E-state index is -0.653. The molecule has 0 bridgehead atoms. The predicted octanol–water partition coefficient (Wildman–Crippen LogP) is 2.82. The Labute approximate surface area is 240 Å². The fraction of sp³-hybridized carbons (Fsp3) is 0.161. The number of para-hydroxylation sites is 1. The van der Waals surface area contributed by atoms with Crippen LogP contribution in [0, 0.1) is 18.8 Å². The lowest BCUT2D eigenvalue weighted by Crippen LogP contribution is -2.33. The van der Waals surface area contributed by atoms with Crippen molar-refractivity contribution < 1.29 is 9.90 Å². The first-order chi connectivity index (χ1) is 20.4. The highest BCUT2D eigenvalue weighted by Crippen LogP contribution is 2.21. The van der Waals surface area contributed by atoms with Crippen molar-refractivity contribution in [3.63, 3.8) is 0 Å². The van der Waals surface area contributed by atoms with E-state index in [-0.39, 0.29) is 18.1 Å². The Morgan fingerprint density at radius 3 is 2.74 bits per heavy atom. The number of aliphatic hydroxyl groups is 1. The molecule has 208 valence electrons. The van der Waals surface area contributed by atoms with E-state index in [2.05, 4.69) is 32.3 Å². The quantitative estimate of drug-likeness (QED) is 0.301. The van der Waals surface area contributed by atoms with Crippen LogP contribution in [-0.2, 0) is 6.54 Å². The molecule has 0 aliphatic carbocycles. The van der Waals surface area contributed by atoms with Gasteiger partial charge >= 0.3 is 0 Å². The van der Waals surface area contributed by atoms with E-state index in [0.717, 1.165) is 0 Å². The number of benzene rings is 2. The van der Waals surface area contributed by atoms with Gasteiger partial charge in [-0.1, -0.05) is 36.1 Å². The van der Waals surface area contributed by atoms with Crippen LogP contribution >= 0.6 is 0 Å². The van der Waals surface area contributed by atoms with Crippen LogP contribution in [0.4, 0.5) is 0 Å². The number of hydrogen-bond donors (Lipinski definition) is 2. The summed E-state index contributed by atoms with van der Waals surface area (Å²) in [6.07, 6.45) is 6.68. The van der Waals surface area contributed by atoms with Crippen molar-refractivity contribution in [1.82, 2.24) is 39.2 Å². The van der Waals surface area contributed by atoms with E-state index < -0.39 is 6.04 Å². The summed E-state index contributed by atoms with van der Waals surface area (Å²) in [6, 6.07) is 15.6. The maximum Gasteiger partial charge on any atom is 0.267 e. The lowest BCUT2D eigenvalue weighted by atomic mass is 10.1. The molecule has 4 aromatic heterocycles. The van der Waals surface area contributed by atoms with Gasteiger partial charge in [0.1, 0.15) is 11.4 Å². The molecule has 11 nitrogen and oxygen atoms in total. The topological polar surface area (TPSA) is 132 Å². The number of nitrogens with one attached hydrogen (secondary N) is 1. The van der Waals surface area contributed by atoms with Gasteiger partial charge < -0.3 is 10.4 Å². The van der Waals surface area contributed by atoms with Crippen LogP contribution in [0.1, 0.15) is 46.0 Å². The Bertz CT molecular complexity index is 2070. The molecule has 0 aliphatic heterocycles. The third-order valence-corrected chi connectivity index (χ3v) is 6.77. The molecular formula is C31H26N8O3. The molecule has 42 heavy (non-hydrogen) atoms. The number of fused-ring (bicyclic) bond motifs is 2. The molecule has 0 aliphatic rings. The predicted molar refractivity (Wildman–Crippen MR) is 156 cm³/mol. The second-order valence-corrected chi connectivity index (χ2v) is 9.65. The molecular weight excluding hydrogens is 532 g/mol. The molecule has 1 amide bonds. The molecule has 0 unspecified atom stereocenters. The van der Waals surface area contributed by atoms with Crippen LogP contribution in [0.3, 0.4) is 0 Å². The van der Waals surface area contributed by atoms with E-state index in [1.54, 1.807) is 72.1 Å². The summed E-state index contributed by atoms with van der Waals surface area (Å²) in [4.78, 5) is 36.9. The fourth-order valence-electron chi connectivity index (χ4n) is 4.86. The van der Waals surface area contributed by atoms with E-state index in [4.69, 9.17) is 10.1 Å². The molecule has 6 aromatic rings. The SMILES string of the molecule is Cc1nn2cccnc2c1C(=O)N[C@H](C)c1nc2cccc(C#Cc3cnn(CCO)c3)c2c(=O)n1-c1ccccc1. The average molecular weight is 559 g/mol. The molecule has 0 spiro atoms. The average Bonchev–Trinajstić information content (AvgIpc) is 3.59. The van der Waals surface area contributed by atoms with Crippen molar-refractivity contribution in [3.8, 4) is 17.5 Å². The first-order valence-corrected chi connectivity index (χ1v) is 13.3. The van der Waals surface area contributed by atoms with Crippen LogP contribution in [0.25, 0.3) is 22.2 Å². The second-order valence-electron chi connectivity index (χ2n) is 9.65. The molecule has 1 atom stereocenters. The number of rotatable bonds is 6. The van der Waals surface area contributed by atoms with Gasteiger partial charge in [-0.05, 0) is 44.2 Å². The summed E-state index contributed by atoms with van der Waals surface area (Å²) in [5.41, 5.74) is 3.26. The Morgan fingerprint density at radius 1 is 1.10 bits per heavy atom. The van der Waals surface area contributed by atoms with Crippen LogP contribution in [-0.4, -0.2) is 51.6 Å². The third kappa shape index (κ3) is 4.91. The van der Waals surface area contributed by atoms with Crippen molar-refractivity contribution in [1.29, 1.82) is 0 Å². The summed E-state index contributed by atoms with van der Waals surface area (Å²) >= 11 is 0. The van der Waals surface area contributed by atoms with Crippen molar-refractivity contribution in [3.05, 3.63) is 118 Å². The molecule has 0 radical (unpaired) electrons. The van der Waals surface area contributed by atoms with Gasteiger partial charge in [-0.3, -0.25) is 18.8 Å². The first-order valence-electron chi connectivity index (χ1n) is 13.3. The standard InChI is InChI=1S/C31H26N8O3/c1-20-26(29-32-14-7-15-38(29)36-20)30(41)34-21(2)28-35-25-11-6-8-23(13-12-22-18-33-37(19-22)16-17-40)27(25)31(42)39(28)24-9-4-3-5-10-24/h3-11,14-15,18-19,21,40H,16-17H2,1-2H3,(H,34,41)/t21-/m1/s1. The minimum Gasteiger partial charge on any atom is -0.394 e. The summed E-state index contributed by atoms with van der Waals surface area (Å²) in [7, 11) is 0. The minimum absolute atomic E-state index is 0.0283. The van der Waals surface area contributed by atoms with Gasteiger partial charge in [0, 0.05) is 24.2 Å². The highest BCUT2D eigenvalue weighted by atomic mass is 16.3. The number of aliphatic hydroxyl groups excluding tert-OH is 1. The van der Waals surface area contributed by atoms with Crippen LogP contribution in [0.2, 0.25) is 0 Å². The smallest absolute Gasteiger partial charge is 0.267 e. The van der Waals surface area contributed by atoms with E-state index >= 15 is 0 Å². The molecule has 0 saturated heterocycles. The normalized spacial score (nSPS) is 11.8. The third-order valence-electron chi connectivity index (χ3n) is 6.77.